The van der Waals surface area contributed by atoms with Crippen LogP contribution in [0, 0.1) is 0 Å². The van der Waals surface area contributed by atoms with E-state index in [1.807, 2.05) is 11.3 Å². The van der Waals surface area contributed by atoms with Crippen LogP contribution in [0.3, 0.4) is 0 Å². The van der Waals surface area contributed by atoms with E-state index in [9.17, 15) is 0 Å². The standard InChI is InChI=1S/C46H26OS/c1-3-14-34-32(12-1)42(28-24-22-27(23-25-28)30-16-8-18-37-31-11-5-6-21-41(31)48-46(30)37)33-13-2-4-15-35(33)44(34)38-26-29-10-7-19-39-43(29)45-36(38)17-9-20-40(45)47-39/h1-26H. The normalized spacial score (nSPS) is 12.2. The lowest BCUT2D eigenvalue weighted by molar-refractivity contribution is 0.669. The molecule has 0 saturated heterocycles. The molecule has 2 heterocycles. The van der Waals surface area contributed by atoms with Crippen LogP contribution in [0.2, 0.25) is 0 Å². The number of fused-ring (bicyclic) bond motifs is 5. The highest BCUT2D eigenvalue weighted by Gasteiger charge is 2.21. The van der Waals surface area contributed by atoms with E-state index >= 15 is 0 Å². The zero-order valence-electron chi connectivity index (χ0n) is 25.8. The zero-order valence-corrected chi connectivity index (χ0v) is 26.6. The van der Waals surface area contributed by atoms with Crippen LogP contribution >= 0.6 is 11.3 Å². The molecule has 0 amide bonds. The van der Waals surface area contributed by atoms with Gasteiger partial charge in [0.15, 0.2) is 0 Å². The van der Waals surface area contributed by atoms with Gasteiger partial charge in [-0.25, -0.2) is 0 Å². The predicted molar refractivity (Wildman–Crippen MR) is 207 cm³/mol. The van der Waals surface area contributed by atoms with Crippen molar-refractivity contribution in [3.05, 3.63) is 158 Å². The third-order valence-corrected chi connectivity index (χ3v) is 11.5. The van der Waals surface area contributed by atoms with Gasteiger partial charge in [0.2, 0.25) is 0 Å². The maximum atomic E-state index is 6.34. The van der Waals surface area contributed by atoms with Gasteiger partial charge in [0.05, 0.1) is 0 Å². The lowest BCUT2D eigenvalue weighted by Crippen LogP contribution is -1.92. The highest BCUT2D eigenvalue weighted by atomic mass is 32.1. The molecule has 0 fully saturated rings. The summed E-state index contributed by atoms with van der Waals surface area (Å²) in [5.41, 5.74) is 9.44. The Morgan fingerprint density at radius 1 is 0.375 bits per heavy atom. The van der Waals surface area contributed by atoms with Gasteiger partial charge >= 0.3 is 0 Å². The van der Waals surface area contributed by atoms with Crippen molar-refractivity contribution in [2.75, 3.05) is 0 Å². The minimum absolute atomic E-state index is 0.942. The van der Waals surface area contributed by atoms with E-state index in [1.54, 1.807) is 0 Å². The SMILES string of the molecule is c1cc2cc(-c3c4ccccc4c(-c4ccc(-c5cccc6c5sc5ccccc56)cc4)c4ccccc34)c3cccc4oc(c1)c2c43. The van der Waals surface area contributed by atoms with E-state index in [4.69, 9.17) is 4.42 Å². The van der Waals surface area contributed by atoms with Crippen molar-refractivity contribution in [1.82, 2.24) is 0 Å². The monoisotopic (exact) mass is 626 g/mol. The van der Waals surface area contributed by atoms with Crippen LogP contribution in [0.1, 0.15) is 0 Å². The first kappa shape index (κ1) is 26.1. The molecule has 0 radical (unpaired) electrons. The van der Waals surface area contributed by atoms with E-state index < -0.39 is 0 Å². The molecule has 0 unspecified atom stereocenters. The summed E-state index contributed by atoms with van der Waals surface area (Å²) in [5, 5.41) is 12.6. The van der Waals surface area contributed by atoms with Crippen LogP contribution < -0.4 is 0 Å². The molecular formula is C46H26OS. The van der Waals surface area contributed by atoms with Gasteiger partial charge in [0.1, 0.15) is 11.2 Å². The summed E-state index contributed by atoms with van der Waals surface area (Å²) in [6, 6.07) is 57.8. The Bertz CT molecular complexity index is 2990. The van der Waals surface area contributed by atoms with Gasteiger partial charge in [-0.1, -0.05) is 133 Å². The quantitative estimate of drug-likeness (QED) is 0.140. The molecule has 222 valence electrons. The number of hydrogen-bond donors (Lipinski definition) is 0. The Hall–Kier alpha value is -5.96. The maximum absolute atomic E-state index is 6.34. The summed E-state index contributed by atoms with van der Waals surface area (Å²) in [7, 11) is 0. The summed E-state index contributed by atoms with van der Waals surface area (Å²) in [5.74, 6) is 0. The second kappa shape index (κ2) is 9.78. The lowest BCUT2D eigenvalue weighted by Gasteiger charge is -2.19. The molecule has 0 spiro atoms. The molecule has 0 N–H and O–H groups in total. The molecule has 11 rings (SSSR count). The van der Waals surface area contributed by atoms with Crippen molar-refractivity contribution in [2.45, 2.75) is 0 Å². The molecule has 0 bridgehead atoms. The Labute approximate surface area is 280 Å². The van der Waals surface area contributed by atoms with E-state index in [1.165, 1.54) is 96.6 Å². The topological polar surface area (TPSA) is 13.1 Å². The van der Waals surface area contributed by atoms with E-state index in [-0.39, 0.29) is 0 Å². The van der Waals surface area contributed by atoms with E-state index in [2.05, 4.69) is 158 Å². The van der Waals surface area contributed by atoms with Crippen molar-refractivity contribution in [3.8, 4) is 33.4 Å². The van der Waals surface area contributed by atoms with Crippen molar-refractivity contribution in [1.29, 1.82) is 0 Å². The predicted octanol–water partition coefficient (Wildman–Crippen LogP) is 13.9. The lowest BCUT2D eigenvalue weighted by atomic mass is 9.83. The molecule has 0 aliphatic heterocycles. The summed E-state index contributed by atoms with van der Waals surface area (Å²) < 4.78 is 9.02. The fraction of sp³-hybridized carbons (Fsp3) is 0. The molecule has 11 aromatic rings. The van der Waals surface area contributed by atoms with Crippen molar-refractivity contribution in [3.63, 3.8) is 0 Å². The van der Waals surface area contributed by atoms with Gasteiger partial charge < -0.3 is 4.42 Å². The van der Waals surface area contributed by atoms with Gasteiger partial charge in [-0.3, -0.25) is 0 Å². The zero-order chi connectivity index (χ0) is 31.3. The first-order chi connectivity index (χ1) is 23.8. The first-order valence-corrected chi connectivity index (χ1v) is 17.2. The van der Waals surface area contributed by atoms with Crippen molar-refractivity contribution >= 4 is 85.8 Å². The highest BCUT2D eigenvalue weighted by molar-refractivity contribution is 7.26. The number of benzene rings is 9. The number of hydrogen-bond acceptors (Lipinski definition) is 2. The van der Waals surface area contributed by atoms with Crippen LogP contribution in [0.25, 0.3) is 108 Å². The van der Waals surface area contributed by atoms with Gasteiger partial charge in [-0.15, -0.1) is 11.3 Å². The van der Waals surface area contributed by atoms with E-state index in [0.717, 1.165) is 11.2 Å². The van der Waals surface area contributed by atoms with Gasteiger partial charge in [0.25, 0.3) is 0 Å². The molecule has 2 heteroatoms. The van der Waals surface area contributed by atoms with Gasteiger partial charge in [-0.2, -0.15) is 0 Å². The van der Waals surface area contributed by atoms with Crippen LogP contribution in [0.5, 0.6) is 0 Å². The number of thiophene rings is 1. The average molecular weight is 627 g/mol. The molecule has 0 saturated carbocycles. The molecule has 0 aliphatic carbocycles. The molecule has 9 aromatic carbocycles. The minimum Gasteiger partial charge on any atom is -0.456 e. The summed E-state index contributed by atoms with van der Waals surface area (Å²) in [6.45, 7) is 0. The van der Waals surface area contributed by atoms with Gasteiger partial charge in [0, 0.05) is 30.9 Å². The fourth-order valence-corrected chi connectivity index (χ4v) is 9.44. The van der Waals surface area contributed by atoms with E-state index in [0.29, 0.717) is 0 Å². The summed E-state index contributed by atoms with van der Waals surface area (Å²) in [6.07, 6.45) is 0. The summed E-state index contributed by atoms with van der Waals surface area (Å²) >= 11 is 1.88. The highest BCUT2D eigenvalue weighted by Crippen LogP contribution is 2.49. The third-order valence-electron chi connectivity index (χ3n) is 10.2. The fourth-order valence-electron chi connectivity index (χ4n) is 8.20. The average Bonchev–Trinajstić information content (AvgIpc) is 3.73. The van der Waals surface area contributed by atoms with Crippen molar-refractivity contribution < 1.29 is 4.42 Å². The molecule has 2 aromatic heterocycles. The van der Waals surface area contributed by atoms with Crippen LogP contribution in [-0.4, -0.2) is 0 Å². The first-order valence-electron chi connectivity index (χ1n) is 16.4. The Morgan fingerprint density at radius 3 is 1.69 bits per heavy atom. The molecule has 48 heavy (non-hydrogen) atoms. The molecule has 1 nitrogen and oxygen atoms in total. The Balaban J connectivity index is 1.16. The smallest absolute Gasteiger partial charge is 0.136 e. The molecular weight excluding hydrogens is 601 g/mol. The second-order valence-corrected chi connectivity index (χ2v) is 13.8. The number of rotatable bonds is 3. The van der Waals surface area contributed by atoms with Crippen molar-refractivity contribution in [2.24, 2.45) is 0 Å². The molecule has 0 aliphatic rings. The largest absolute Gasteiger partial charge is 0.456 e. The van der Waals surface area contributed by atoms with Crippen LogP contribution in [-0.2, 0) is 0 Å². The van der Waals surface area contributed by atoms with Gasteiger partial charge in [-0.05, 0) is 90.0 Å². The Morgan fingerprint density at radius 2 is 0.938 bits per heavy atom. The van der Waals surface area contributed by atoms with Crippen LogP contribution in [0.15, 0.2) is 162 Å². The molecule has 0 atom stereocenters. The second-order valence-electron chi connectivity index (χ2n) is 12.8. The number of furan rings is 1. The third kappa shape index (κ3) is 3.55. The van der Waals surface area contributed by atoms with Crippen LogP contribution in [0.4, 0.5) is 0 Å². The maximum Gasteiger partial charge on any atom is 0.136 e. The summed E-state index contributed by atoms with van der Waals surface area (Å²) in [4.78, 5) is 0. The minimum atomic E-state index is 0.942. The Kier molecular flexibility index (Phi) is 5.32.